The van der Waals surface area contributed by atoms with Crippen molar-refractivity contribution in [3.63, 3.8) is 0 Å². The van der Waals surface area contributed by atoms with Gasteiger partial charge in [-0.3, -0.25) is 0 Å². The molecule has 1 unspecified atom stereocenters. The summed E-state index contributed by atoms with van der Waals surface area (Å²) in [7, 11) is 0. The Bertz CT molecular complexity index is 419. The molecule has 1 atom stereocenters. The van der Waals surface area contributed by atoms with Crippen molar-refractivity contribution in [1.29, 1.82) is 0 Å². The summed E-state index contributed by atoms with van der Waals surface area (Å²) in [4.78, 5) is 8.68. The SMILES string of the molecule is c1cn2ccnc2c(C2C[I-]2)n1. The Morgan fingerprint density at radius 2 is 2.08 bits per heavy atom. The summed E-state index contributed by atoms with van der Waals surface area (Å²) >= 11 is 0.424. The number of hydrogen-bond donors (Lipinski definition) is 0. The second-order valence-corrected chi connectivity index (χ2v) is 6.01. The fourth-order valence-corrected chi connectivity index (χ4v) is 2.81. The maximum atomic E-state index is 4.39. The van der Waals surface area contributed by atoms with Gasteiger partial charge in [0.25, 0.3) is 0 Å². The molecule has 3 rings (SSSR count). The Hall–Kier alpha value is -0.650. The van der Waals surface area contributed by atoms with E-state index in [-0.39, 0.29) is 0 Å². The third-order valence-electron chi connectivity index (χ3n) is 1.94. The molecule has 0 radical (unpaired) electrons. The van der Waals surface area contributed by atoms with E-state index in [4.69, 9.17) is 0 Å². The fraction of sp³-hybridized carbons (Fsp3) is 0.250. The molecule has 2 aromatic heterocycles. The monoisotopic (exact) mass is 272 g/mol. The first kappa shape index (κ1) is 6.82. The van der Waals surface area contributed by atoms with Gasteiger partial charge in [0.05, 0.1) is 0 Å². The van der Waals surface area contributed by atoms with Crippen LogP contribution in [0.4, 0.5) is 0 Å². The van der Waals surface area contributed by atoms with Crippen molar-refractivity contribution in [2.24, 2.45) is 0 Å². The average molecular weight is 272 g/mol. The Morgan fingerprint density at radius 3 is 2.83 bits per heavy atom. The Kier molecular flexibility index (Phi) is 1.37. The standard InChI is InChI=1S/C8H7IN3/c1-3-12-4-2-11-8(12)7(10-1)6-5-9-6/h1-4,6H,5H2/q-1. The minimum absolute atomic E-state index is 0.424. The Balaban J connectivity index is 2.32. The number of halogens is 1. The van der Waals surface area contributed by atoms with Crippen LogP contribution in [0.15, 0.2) is 24.8 Å². The number of fused-ring (bicyclic) bond motifs is 1. The molecule has 0 spiro atoms. The van der Waals surface area contributed by atoms with Crippen LogP contribution in [0.3, 0.4) is 0 Å². The predicted molar refractivity (Wildman–Crippen MR) is 40.6 cm³/mol. The van der Waals surface area contributed by atoms with Gasteiger partial charge in [-0.1, -0.05) is 0 Å². The van der Waals surface area contributed by atoms with Crippen LogP contribution in [0, 0.1) is 0 Å². The number of hydrogen-bond acceptors (Lipinski definition) is 2. The predicted octanol–water partition coefficient (Wildman–Crippen LogP) is -2.13. The zero-order valence-electron chi connectivity index (χ0n) is 6.31. The molecule has 0 aromatic carbocycles. The molecule has 3 nitrogen and oxygen atoms in total. The van der Waals surface area contributed by atoms with Crippen molar-refractivity contribution in [2.45, 2.75) is 3.92 Å². The first-order valence-electron chi connectivity index (χ1n) is 3.80. The van der Waals surface area contributed by atoms with Gasteiger partial charge in [0, 0.05) is 0 Å². The molecule has 0 saturated carbocycles. The van der Waals surface area contributed by atoms with E-state index in [1.165, 1.54) is 10.1 Å². The molecule has 1 saturated heterocycles. The van der Waals surface area contributed by atoms with E-state index in [0.717, 1.165) is 9.57 Å². The second kappa shape index (κ2) is 2.42. The van der Waals surface area contributed by atoms with Gasteiger partial charge in [-0.25, -0.2) is 0 Å². The first-order valence-corrected chi connectivity index (χ1v) is 6.57. The molecule has 1 aliphatic heterocycles. The normalized spacial score (nSPS) is 22.2. The van der Waals surface area contributed by atoms with Crippen LogP contribution in [0.2, 0.25) is 0 Å². The molecular weight excluding hydrogens is 265 g/mol. The van der Waals surface area contributed by atoms with E-state index < -0.39 is 0 Å². The van der Waals surface area contributed by atoms with Crippen LogP contribution >= 0.6 is 0 Å². The summed E-state index contributed by atoms with van der Waals surface area (Å²) in [6, 6.07) is 0. The molecule has 62 valence electrons. The number of alkyl halides is 2. The second-order valence-electron chi connectivity index (χ2n) is 2.75. The number of nitrogens with zero attached hydrogens (tertiary/aromatic N) is 3. The van der Waals surface area contributed by atoms with E-state index in [2.05, 4.69) is 9.97 Å². The van der Waals surface area contributed by atoms with E-state index in [1.807, 2.05) is 29.2 Å². The van der Waals surface area contributed by atoms with Crippen LogP contribution in [-0.4, -0.2) is 18.8 Å². The van der Waals surface area contributed by atoms with Gasteiger partial charge in [-0.15, -0.1) is 0 Å². The van der Waals surface area contributed by atoms with Crippen molar-refractivity contribution in [2.75, 3.05) is 4.43 Å². The zero-order chi connectivity index (χ0) is 7.97. The number of aromatic nitrogens is 3. The van der Waals surface area contributed by atoms with Crippen molar-refractivity contribution in [3.05, 3.63) is 30.5 Å². The number of rotatable bonds is 1. The molecular formula is C8H7IN3-. The van der Waals surface area contributed by atoms with Gasteiger partial charge in [-0.05, 0) is 0 Å². The molecule has 1 aliphatic rings. The van der Waals surface area contributed by atoms with Gasteiger partial charge < -0.3 is 0 Å². The van der Waals surface area contributed by atoms with Crippen molar-refractivity contribution < 1.29 is 21.2 Å². The van der Waals surface area contributed by atoms with E-state index in [0.29, 0.717) is 21.2 Å². The topological polar surface area (TPSA) is 30.2 Å². The summed E-state index contributed by atoms with van der Waals surface area (Å²) in [5.41, 5.74) is 2.27. The molecule has 0 N–H and O–H groups in total. The van der Waals surface area contributed by atoms with Gasteiger partial charge in [0.2, 0.25) is 0 Å². The summed E-state index contributed by atoms with van der Waals surface area (Å²) in [5, 5.41) is 0. The third kappa shape index (κ3) is 0.939. The van der Waals surface area contributed by atoms with Crippen molar-refractivity contribution in [1.82, 2.24) is 14.4 Å². The Morgan fingerprint density at radius 1 is 1.33 bits per heavy atom. The summed E-state index contributed by atoms with van der Waals surface area (Å²) < 4.78 is 4.22. The van der Waals surface area contributed by atoms with Crippen molar-refractivity contribution >= 4 is 5.65 Å². The quantitative estimate of drug-likeness (QED) is 0.438. The van der Waals surface area contributed by atoms with Gasteiger partial charge >= 0.3 is 80.1 Å². The third-order valence-corrected chi connectivity index (χ3v) is 4.30. The van der Waals surface area contributed by atoms with Crippen molar-refractivity contribution in [3.8, 4) is 0 Å². The van der Waals surface area contributed by atoms with Crippen LogP contribution < -0.4 is 21.2 Å². The van der Waals surface area contributed by atoms with Crippen LogP contribution in [0.1, 0.15) is 9.62 Å². The zero-order valence-corrected chi connectivity index (χ0v) is 8.47. The molecule has 0 bridgehead atoms. The van der Waals surface area contributed by atoms with Gasteiger partial charge in [0.1, 0.15) is 0 Å². The maximum absolute atomic E-state index is 4.39. The summed E-state index contributed by atoms with van der Waals surface area (Å²) in [5.74, 6) is 0. The molecule has 1 fully saturated rings. The minimum atomic E-state index is 0.424. The summed E-state index contributed by atoms with van der Waals surface area (Å²) in [6.07, 6.45) is 7.63. The molecule has 2 aromatic rings. The van der Waals surface area contributed by atoms with Crippen LogP contribution in [0.5, 0.6) is 0 Å². The van der Waals surface area contributed by atoms with E-state index in [9.17, 15) is 0 Å². The summed E-state index contributed by atoms with van der Waals surface area (Å²) in [6.45, 7) is 0. The number of imidazole rings is 1. The molecule has 12 heavy (non-hydrogen) atoms. The Labute approximate surface area is 80.1 Å². The van der Waals surface area contributed by atoms with Gasteiger partial charge in [-0.2, -0.15) is 0 Å². The fourth-order valence-electron chi connectivity index (χ4n) is 1.29. The van der Waals surface area contributed by atoms with Crippen LogP contribution in [-0.2, 0) is 0 Å². The van der Waals surface area contributed by atoms with Crippen LogP contribution in [0.25, 0.3) is 5.65 Å². The molecule has 0 aliphatic carbocycles. The van der Waals surface area contributed by atoms with E-state index >= 15 is 0 Å². The molecule has 0 amide bonds. The molecule has 3 heterocycles. The first-order chi connectivity index (χ1) is 5.95. The van der Waals surface area contributed by atoms with E-state index in [1.54, 1.807) is 0 Å². The van der Waals surface area contributed by atoms with Gasteiger partial charge in [0.15, 0.2) is 0 Å². The molecule has 4 heteroatoms. The average Bonchev–Trinajstić information content (AvgIpc) is 2.82.